The number of carbonyl (C=O) groups excluding carboxylic acids is 1. The summed E-state index contributed by atoms with van der Waals surface area (Å²) < 4.78 is 37.9. The zero-order chi connectivity index (χ0) is 17.0. The van der Waals surface area contributed by atoms with Crippen molar-refractivity contribution < 1.29 is 27.9 Å². The topological polar surface area (TPSA) is 75.4 Å². The Morgan fingerprint density at radius 3 is 2.78 bits per heavy atom. The van der Waals surface area contributed by atoms with Crippen molar-refractivity contribution in [3.8, 4) is 0 Å². The maximum absolute atomic E-state index is 12.2. The van der Waals surface area contributed by atoms with Crippen LogP contribution in [0.4, 0.5) is 13.2 Å². The van der Waals surface area contributed by atoms with E-state index in [2.05, 4.69) is 5.10 Å². The smallest absolute Gasteiger partial charge is 0.389 e. The molecule has 0 aliphatic carbocycles. The Kier molecular flexibility index (Phi) is 5.27. The van der Waals surface area contributed by atoms with Crippen LogP contribution in [0.5, 0.6) is 0 Å². The molecular formula is C14H18F3N3O3. The zero-order valence-corrected chi connectivity index (χ0v) is 12.4. The van der Waals surface area contributed by atoms with Crippen molar-refractivity contribution in [1.82, 2.24) is 14.7 Å². The molecule has 9 heteroatoms. The lowest BCUT2D eigenvalue weighted by Crippen LogP contribution is -2.39. The number of amides is 1. The molecule has 6 nitrogen and oxygen atoms in total. The highest BCUT2D eigenvalue weighted by Gasteiger charge is 2.31. The first kappa shape index (κ1) is 17.3. The molecule has 0 aromatic carbocycles. The van der Waals surface area contributed by atoms with Gasteiger partial charge in [0.05, 0.1) is 12.1 Å². The molecule has 1 aliphatic rings. The van der Waals surface area contributed by atoms with Crippen LogP contribution in [-0.2, 0) is 16.1 Å². The molecule has 0 saturated carbocycles. The van der Waals surface area contributed by atoms with Gasteiger partial charge < -0.3 is 10.0 Å². The van der Waals surface area contributed by atoms with Crippen LogP contribution in [0.15, 0.2) is 12.3 Å². The first-order chi connectivity index (χ1) is 10.7. The van der Waals surface area contributed by atoms with Crippen LogP contribution in [0.3, 0.4) is 0 Å². The molecule has 2 rings (SSSR count). The number of aromatic nitrogens is 2. The van der Waals surface area contributed by atoms with Gasteiger partial charge in [0.2, 0.25) is 5.91 Å². The van der Waals surface area contributed by atoms with Crippen molar-refractivity contribution in [3.63, 3.8) is 0 Å². The highest BCUT2D eigenvalue weighted by atomic mass is 19.4. The van der Waals surface area contributed by atoms with Crippen LogP contribution in [0, 0.1) is 0 Å². The predicted octanol–water partition coefficient (Wildman–Crippen LogP) is 2.02. The summed E-state index contributed by atoms with van der Waals surface area (Å²) in [4.78, 5) is 24.0. The normalized spacial score (nSPS) is 18.9. The second-order valence-electron chi connectivity index (χ2n) is 5.63. The van der Waals surface area contributed by atoms with Gasteiger partial charge in [-0.2, -0.15) is 18.3 Å². The molecule has 1 N–H and O–H groups in total. The summed E-state index contributed by atoms with van der Waals surface area (Å²) in [5, 5.41) is 12.9. The maximum Gasteiger partial charge on any atom is 0.389 e. The molecule has 1 aromatic heterocycles. The van der Waals surface area contributed by atoms with Crippen LogP contribution in [0.25, 0.3) is 0 Å². The van der Waals surface area contributed by atoms with Crippen LogP contribution in [0.1, 0.15) is 37.3 Å². The highest BCUT2D eigenvalue weighted by molar-refractivity contribution is 5.76. The predicted molar refractivity (Wildman–Crippen MR) is 73.7 cm³/mol. The van der Waals surface area contributed by atoms with E-state index in [1.165, 1.54) is 9.58 Å². The number of piperidine rings is 1. The second kappa shape index (κ2) is 7.01. The molecule has 1 saturated heterocycles. The molecule has 0 spiro atoms. The lowest BCUT2D eigenvalue weighted by Gasteiger charge is -2.32. The van der Waals surface area contributed by atoms with Crippen LogP contribution < -0.4 is 0 Å². The molecule has 1 atom stereocenters. The third-order valence-electron chi connectivity index (χ3n) is 3.77. The number of nitrogens with zero attached hydrogens (tertiary/aromatic N) is 3. The van der Waals surface area contributed by atoms with E-state index >= 15 is 0 Å². The van der Waals surface area contributed by atoms with Crippen molar-refractivity contribution in [2.75, 3.05) is 13.1 Å². The molecule has 0 radical (unpaired) electrons. The lowest BCUT2D eigenvalue weighted by atomic mass is 9.94. The Hall–Kier alpha value is -2.06. The number of carboxylic acids is 1. The largest absolute Gasteiger partial charge is 0.480 e. The molecule has 1 amide bonds. The van der Waals surface area contributed by atoms with Crippen molar-refractivity contribution in [2.24, 2.45) is 0 Å². The first-order valence-electron chi connectivity index (χ1n) is 7.34. The fourth-order valence-corrected chi connectivity index (χ4v) is 2.67. The zero-order valence-electron chi connectivity index (χ0n) is 12.4. The van der Waals surface area contributed by atoms with Crippen LogP contribution >= 0.6 is 0 Å². The number of aliphatic carboxylic acids is 1. The summed E-state index contributed by atoms with van der Waals surface area (Å²) in [5.41, 5.74) is 0.666. The fraction of sp³-hybridized carbons (Fsp3) is 0.643. The summed E-state index contributed by atoms with van der Waals surface area (Å²) in [6.07, 6.45) is -2.97. The summed E-state index contributed by atoms with van der Waals surface area (Å²) >= 11 is 0. The number of hydrogen-bond acceptors (Lipinski definition) is 3. The minimum atomic E-state index is -4.33. The Morgan fingerprint density at radius 1 is 1.39 bits per heavy atom. The molecule has 0 unspecified atom stereocenters. The first-order valence-corrected chi connectivity index (χ1v) is 7.34. The fourth-order valence-electron chi connectivity index (χ4n) is 2.67. The number of carbonyl (C=O) groups is 2. The van der Waals surface area contributed by atoms with Gasteiger partial charge in [-0.25, -0.2) is 0 Å². The number of halogens is 3. The van der Waals surface area contributed by atoms with E-state index in [0.717, 1.165) is 6.42 Å². The maximum atomic E-state index is 12.2. The van der Waals surface area contributed by atoms with Gasteiger partial charge in [-0.05, 0) is 18.9 Å². The van der Waals surface area contributed by atoms with Gasteiger partial charge in [-0.15, -0.1) is 0 Å². The molecule has 1 aromatic rings. The van der Waals surface area contributed by atoms with E-state index in [1.54, 1.807) is 12.3 Å². The van der Waals surface area contributed by atoms with Gasteiger partial charge in [0.15, 0.2) is 0 Å². The number of alkyl halides is 3. The van der Waals surface area contributed by atoms with E-state index in [-0.39, 0.29) is 12.5 Å². The lowest BCUT2D eigenvalue weighted by molar-refractivity contribution is -0.149. The summed E-state index contributed by atoms with van der Waals surface area (Å²) in [7, 11) is 0. The van der Waals surface area contributed by atoms with Gasteiger partial charge in [-0.1, -0.05) is 0 Å². The molecule has 128 valence electrons. The van der Waals surface area contributed by atoms with Gasteiger partial charge >= 0.3 is 12.1 Å². The Labute approximate surface area is 130 Å². The van der Waals surface area contributed by atoms with E-state index in [9.17, 15) is 22.8 Å². The van der Waals surface area contributed by atoms with Crippen LogP contribution in [0.2, 0.25) is 0 Å². The standard InChI is InChI=1S/C14H18F3N3O3/c15-14(16,17)5-3-12(21)19-6-1-2-10(8-19)11-4-7-20(18-11)9-13(22)23/h4,7,10H,1-3,5-6,8-9H2,(H,22,23)/t10-/m1/s1. The minimum Gasteiger partial charge on any atom is -0.480 e. The number of hydrogen-bond donors (Lipinski definition) is 1. The SMILES string of the molecule is O=C(O)Cn1ccc([C@@H]2CCCN(C(=O)CCC(F)(F)F)C2)n1. The Morgan fingerprint density at radius 2 is 2.13 bits per heavy atom. The number of likely N-dealkylation sites (tertiary alicyclic amines) is 1. The van der Waals surface area contributed by atoms with Gasteiger partial charge in [0.25, 0.3) is 0 Å². The summed E-state index contributed by atoms with van der Waals surface area (Å²) in [5.74, 6) is -1.59. The van der Waals surface area contributed by atoms with Crippen molar-refractivity contribution >= 4 is 11.9 Å². The third kappa shape index (κ3) is 5.26. The number of rotatable bonds is 5. The minimum absolute atomic E-state index is 0.0753. The summed E-state index contributed by atoms with van der Waals surface area (Å²) in [6.45, 7) is 0.519. The van der Waals surface area contributed by atoms with Crippen molar-refractivity contribution in [2.45, 2.75) is 44.3 Å². The average molecular weight is 333 g/mol. The van der Waals surface area contributed by atoms with Crippen molar-refractivity contribution in [3.05, 3.63) is 18.0 Å². The average Bonchev–Trinajstić information content (AvgIpc) is 2.92. The Balaban J connectivity index is 1.93. The van der Waals surface area contributed by atoms with E-state index in [1.807, 2.05) is 0 Å². The van der Waals surface area contributed by atoms with Crippen LogP contribution in [-0.4, -0.2) is 50.9 Å². The Bertz CT molecular complexity index is 571. The van der Waals surface area contributed by atoms with Gasteiger partial charge in [0, 0.05) is 31.6 Å². The van der Waals surface area contributed by atoms with E-state index in [4.69, 9.17) is 5.11 Å². The molecule has 2 heterocycles. The number of carboxylic acid groups (broad SMARTS) is 1. The second-order valence-corrected chi connectivity index (χ2v) is 5.63. The highest BCUT2D eigenvalue weighted by Crippen LogP contribution is 2.27. The summed E-state index contributed by atoms with van der Waals surface area (Å²) in [6, 6.07) is 1.69. The molecular weight excluding hydrogens is 315 g/mol. The van der Waals surface area contributed by atoms with Gasteiger partial charge in [0.1, 0.15) is 6.54 Å². The molecule has 23 heavy (non-hydrogen) atoms. The molecule has 0 bridgehead atoms. The van der Waals surface area contributed by atoms with E-state index < -0.39 is 30.9 Å². The van der Waals surface area contributed by atoms with E-state index in [0.29, 0.717) is 25.2 Å². The van der Waals surface area contributed by atoms with Crippen molar-refractivity contribution in [1.29, 1.82) is 0 Å². The molecule has 1 fully saturated rings. The monoisotopic (exact) mass is 333 g/mol. The van der Waals surface area contributed by atoms with Gasteiger partial charge in [-0.3, -0.25) is 14.3 Å². The quantitative estimate of drug-likeness (QED) is 0.894. The third-order valence-corrected chi connectivity index (χ3v) is 3.77. The molecule has 1 aliphatic heterocycles.